The third-order valence-corrected chi connectivity index (χ3v) is 1.93. The zero-order chi connectivity index (χ0) is 13.2. The summed E-state index contributed by atoms with van der Waals surface area (Å²) in [7, 11) is 0. The second kappa shape index (κ2) is 8.14. The molecule has 5 heteroatoms. The van der Waals surface area contributed by atoms with Crippen LogP contribution in [-0.2, 0) is 16.2 Å². The van der Waals surface area contributed by atoms with Gasteiger partial charge in [-0.3, -0.25) is 10.3 Å². The van der Waals surface area contributed by atoms with Crippen LogP contribution < -0.4 is 10.8 Å². The van der Waals surface area contributed by atoms with Crippen molar-refractivity contribution in [2.75, 3.05) is 13.2 Å². The van der Waals surface area contributed by atoms with Crippen LogP contribution in [0.4, 0.5) is 4.79 Å². The monoisotopic (exact) mass is 252 g/mol. The second-order valence-electron chi connectivity index (χ2n) is 3.72. The summed E-state index contributed by atoms with van der Waals surface area (Å²) in [6.07, 6.45) is -0.460. The van der Waals surface area contributed by atoms with Crippen molar-refractivity contribution in [3.8, 4) is 0 Å². The third kappa shape index (κ3) is 6.55. The average molecular weight is 252 g/mol. The maximum atomic E-state index is 11.3. The van der Waals surface area contributed by atoms with Gasteiger partial charge >= 0.3 is 6.09 Å². The van der Waals surface area contributed by atoms with Gasteiger partial charge in [0, 0.05) is 13.7 Å². The highest BCUT2D eigenvalue weighted by Crippen LogP contribution is 2.00. The number of benzene rings is 1. The van der Waals surface area contributed by atoms with Crippen LogP contribution in [0.1, 0.15) is 13.9 Å². The molecule has 0 saturated heterocycles. The van der Waals surface area contributed by atoms with E-state index >= 15 is 0 Å². The Balaban J connectivity index is 0.00000324. The Hall–Kier alpha value is -2.01. The standard InChI is InChI=1S/C13H18N2O3.H2/c1-11(2)15-18-9-8-14-13(16)17-10-12-6-4-3-5-7-12;/h3-7,15H,1,8-10H2,2H3,(H,14,16);1H. The fraction of sp³-hybridized carbons (Fsp3) is 0.308. The lowest BCUT2D eigenvalue weighted by Gasteiger charge is -2.08. The number of carbonyl (C=O) groups is 1. The van der Waals surface area contributed by atoms with Gasteiger partial charge in [-0.05, 0) is 12.5 Å². The van der Waals surface area contributed by atoms with E-state index in [2.05, 4.69) is 17.4 Å². The number of carbonyl (C=O) groups excluding carboxylic acids is 1. The average Bonchev–Trinajstić information content (AvgIpc) is 2.37. The first-order chi connectivity index (χ1) is 8.68. The van der Waals surface area contributed by atoms with Crippen LogP contribution in [0, 0.1) is 0 Å². The first-order valence-electron chi connectivity index (χ1n) is 5.66. The Kier molecular flexibility index (Phi) is 6.35. The summed E-state index contributed by atoms with van der Waals surface area (Å²) >= 11 is 0. The third-order valence-electron chi connectivity index (χ3n) is 1.93. The van der Waals surface area contributed by atoms with Crippen molar-refractivity contribution in [1.29, 1.82) is 0 Å². The normalized spacial score (nSPS) is 9.61. The molecular weight excluding hydrogens is 232 g/mol. The van der Waals surface area contributed by atoms with Crippen LogP contribution in [0.25, 0.3) is 0 Å². The lowest BCUT2D eigenvalue weighted by molar-refractivity contribution is 0.0632. The summed E-state index contributed by atoms with van der Waals surface area (Å²) in [6.45, 7) is 6.35. The largest absolute Gasteiger partial charge is 0.445 e. The molecule has 0 heterocycles. The molecule has 0 bridgehead atoms. The second-order valence-corrected chi connectivity index (χ2v) is 3.72. The Labute approximate surface area is 108 Å². The number of hydrogen-bond donors (Lipinski definition) is 2. The summed E-state index contributed by atoms with van der Waals surface area (Å²) in [5.41, 5.74) is 4.25. The van der Waals surface area contributed by atoms with Gasteiger partial charge < -0.3 is 10.1 Å². The van der Waals surface area contributed by atoms with Crippen LogP contribution in [0.5, 0.6) is 0 Å². The van der Waals surface area contributed by atoms with Crippen LogP contribution >= 0.6 is 0 Å². The summed E-state index contributed by atoms with van der Waals surface area (Å²) < 4.78 is 5.01. The fourth-order valence-electron chi connectivity index (χ4n) is 1.15. The molecule has 0 aromatic heterocycles. The van der Waals surface area contributed by atoms with Crippen molar-refractivity contribution in [2.24, 2.45) is 0 Å². The quantitative estimate of drug-likeness (QED) is 0.577. The zero-order valence-electron chi connectivity index (χ0n) is 10.4. The fourth-order valence-corrected chi connectivity index (χ4v) is 1.15. The Morgan fingerprint density at radius 1 is 1.39 bits per heavy atom. The predicted molar refractivity (Wildman–Crippen MR) is 70.6 cm³/mol. The molecule has 0 aliphatic rings. The van der Waals surface area contributed by atoms with Gasteiger partial charge in [0.25, 0.3) is 0 Å². The number of hydroxylamine groups is 1. The van der Waals surface area contributed by atoms with Crippen molar-refractivity contribution in [3.63, 3.8) is 0 Å². The number of alkyl carbamates (subject to hydrolysis) is 1. The number of allylic oxidation sites excluding steroid dienone is 1. The molecule has 1 rings (SSSR count). The van der Waals surface area contributed by atoms with E-state index in [-0.39, 0.29) is 8.03 Å². The predicted octanol–water partition coefficient (Wildman–Crippen LogP) is 2.21. The Morgan fingerprint density at radius 2 is 2.11 bits per heavy atom. The summed E-state index contributed by atoms with van der Waals surface area (Å²) in [4.78, 5) is 16.3. The smallest absolute Gasteiger partial charge is 0.407 e. The molecule has 0 radical (unpaired) electrons. The molecule has 0 aliphatic carbocycles. The Morgan fingerprint density at radius 3 is 2.78 bits per heavy atom. The number of rotatable bonds is 7. The number of ether oxygens (including phenoxy) is 1. The Bertz CT molecular complexity index is 385. The highest BCUT2D eigenvalue weighted by molar-refractivity contribution is 5.67. The summed E-state index contributed by atoms with van der Waals surface area (Å²) in [6, 6.07) is 9.50. The van der Waals surface area contributed by atoms with E-state index < -0.39 is 6.09 Å². The molecule has 2 N–H and O–H groups in total. The van der Waals surface area contributed by atoms with E-state index in [4.69, 9.17) is 9.57 Å². The van der Waals surface area contributed by atoms with Gasteiger partial charge in [0.2, 0.25) is 0 Å². The minimum Gasteiger partial charge on any atom is -0.445 e. The summed E-state index contributed by atoms with van der Waals surface area (Å²) in [5, 5.41) is 2.57. The molecule has 0 spiro atoms. The topological polar surface area (TPSA) is 59.6 Å². The van der Waals surface area contributed by atoms with Crippen LogP contribution in [0.15, 0.2) is 42.6 Å². The zero-order valence-corrected chi connectivity index (χ0v) is 10.4. The molecule has 0 saturated carbocycles. The molecule has 0 fully saturated rings. The molecule has 5 nitrogen and oxygen atoms in total. The molecule has 0 atom stereocenters. The maximum absolute atomic E-state index is 11.3. The lowest BCUT2D eigenvalue weighted by atomic mass is 10.2. The first kappa shape index (κ1) is 14.1. The van der Waals surface area contributed by atoms with Gasteiger partial charge in [-0.2, -0.15) is 0 Å². The van der Waals surface area contributed by atoms with E-state index in [0.29, 0.717) is 18.8 Å². The molecule has 1 amide bonds. The van der Waals surface area contributed by atoms with Crippen molar-refractivity contribution in [1.82, 2.24) is 10.8 Å². The number of amides is 1. The van der Waals surface area contributed by atoms with Crippen molar-refractivity contribution in [3.05, 3.63) is 48.2 Å². The SMILES string of the molecule is C=C(C)NOCCNC(=O)OCc1ccccc1.[HH]. The van der Waals surface area contributed by atoms with Gasteiger partial charge in [-0.1, -0.05) is 36.9 Å². The maximum Gasteiger partial charge on any atom is 0.407 e. The van der Waals surface area contributed by atoms with Crippen LogP contribution in [-0.4, -0.2) is 19.2 Å². The van der Waals surface area contributed by atoms with Gasteiger partial charge in [0.05, 0.1) is 6.61 Å². The molecule has 0 aliphatic heterocycles. The minimum absolute atomic E-state index is 0. The summed E-state index contributed by atoms with van der Waals surface area (Å²) in [5.74, 6) is 0. The molecule has 1 aromatic carbocycles. The number of hydrogen-bond acceptors (Lipinski definition) is 4. The highest BCUT2D eigenvalue weighted by atomic mass is 16.6. The van der Waals surface area contributed by atoms with E-state index in [1.54, 1.807) is 6.92 Å². The van der Waals surface area contributed by atoms with Crippen molar-refractivity contribution in [2.45, 2.75) is 13.5 Å². The molecular formula is C13H20N2O3. The van der Waals surface area contributed by atoms with E-state index in [9.17, 15) is 4.79 Å². The van der Waals surface area contributed by atoms with Crippen molar-refractivity contribution < 1.29 is 15.8 Å². The minimum atomic E-state index is -0.460. The van der Waals surface area contributed by atoms with E-state index in [0.717, 1.165) is 5.56 Å². The molecule has 1 aromatic rings. The van der Waals surface area contributed by atoms with Gasteiger partial charge in [-0.15, -0.1) is 0 Å². The van der Waals surface area contributed by atoms with Crippen molar-refractivity contribution >= 4 is 6.09 Å². The molecule has 18 heavy (non-hydrogen) atoms. The highest BCUT2D eigenvalue weighted by Gasteiger charge is 2.01. The lowest BCUT2D eigenvalue weighted by Crippen LogP contribution is -2.29. The number of nitrogens with one attached hydrogen (secondary N) is 2. The molecule has 0 unspecified atom stereocenters. The van der Waals surface area contributed by atoms with Crippen LogP contribution in [0.3, 0.4) is 0 Å². The molecule has 100 valence electrons. The first-order valence-corrected chi connectivity index (χ1v) is 5.66. The van der Waals surface area contributed by atoms with Crippen LogP contribution in [0.2, 0.25) is 0 Å². The van der Waals surface area contributed by atoms with Gasteiger partial charge in [-0.25, -0.2) is 4.79 Å². The van der Waals surface area contributed by atoms with E-state index in [1.165, 1.54) is 0 Å². The van der Waals surface area contributed by atoms with E-state index in [1.807, 2.05) is 30.3 Å². The van der Waals surface area contributed by atoms with Gasteiger partial charge in [0.1, 0.15) is 6.61 Å². The van der Waals surface area contributed by atoms with Gasteiger partial charge in [0.15, 0.2) is 0 Å².